The molecule has 0 fully saturated rings. The van der Waals surface area contributed by atoms with E-state index in [1.165, 1.54) is 49.9 Å². The average molecular weight is 754 g/mol. The average Bonchev–Trinajstić information content (AvgIpc) is 3.54. The van der Waals surface area contributed by atoms with Gasteiger partial charge in [0.2, 0.25) is 0 Å². The zero-order valence-electron chi connectivity index (χ0n) is 32.9. The molecule has 3 heteroatoms. The van der Waals surface area contributed by atoms with E-state index in [0.29, 0.717) is 5.82 Å². The standard InChI is InChI=1S/C56H39N3/c1-56(2)48-24-13-12-21-44(48)45-31-29-41(34-49(45)56)36-25-27-38(28-26-36)51-35-52(59-55(58-51)40-19-10-5-11-20-40)42-30-32-50-47(33-42)53-43(37-15-6-3-7-16-37)22-14-23-46(53)54(57-50)39-17-8-4-9-18-39/h3-35H,1-2H3. The molecular formula is C56H39N3. The summed E-state index contributed by atoms with van der Waals surface area (Å²) in [7, 11) is 0. The normalized spacial score (nSPS) is 12.7. The van der Waals surface area contributed by atoms with Gasteiger partial charge in [-0.15, -0.1) is 0 Å². The highest BCUT2D eigenvalue weighted by Gasteiger charge is 2.35. The van der Waals surface area contributed by atoms with Gasteiger partial charge in [0.15, 0.2) is 5.82 Å². The minimum absolute atomic E-state index is 0.0501. The van der Waals surface area contributed by atoms with Gasteiger partial charge in [0, 0.05) is 43.8 Å². The summed E-state index contributed by atoms with van der Waals surface area (Å²) in [5.41, 5.74) is 17.9. The molecule has 11 rings (SSSR count). The fraction of sp³-hybridized carbons (Fsp3) is 0.0536. The third kappa shape index (κ3) is 5.94. The van der Waals surface area contributed by atoms with Gasteiger partial charge in [-0.05, 0) is 68.8 Å². The van der Waals surface area contributed by atoms with Crippen molar-refractivity contribution in [3.8, 4) is 78.5 Å². The van der Waals surface area contributed by atoms with Crippen LogP contribution in [0.25, 0.3) is 100 Å². The minimum atomic E-state index is -0.0501. The highest BCUT2D eigenvalue weighted by atomic mass is 14.9. The number of hydrogen-bond donors (Lipinski definition) is 0. The molecule has 1 aliphatic carbocycles. The maximum absolute atomic E-state index is 5.31. The number of pyridine rings is 1. The van der Waals surface area contributed by atoms with Crippen molar-refractivity contribution in [1.29, 1.82) is 0 Å². The van der Waals surface area contributed by atoms with E-state index in [2.05, 4.69) is 196 Å². The summed E-state index contributed by atoms with van der Waals surface area (Å²) in [4.78, 5) is 15.7. The van der Waals surface area contributed by atoms with Gasteiger partial charge >= 0.3 is 0 Å². The van der Waals surface area contributed by atoms with Gasteiger partial charge in [-0.25, -0.2) is 15.0 Å². The van der Waals surface area contributed by atoms with Gasteiger partial charge in [0.05, 0.1) is 22.6 Å². The number of fused-ring (bicyclic) bond motifs is 6. The first-order chi connectivity index (χ1) is 29.0. The van der Waals surface area contributed by atoms with Crippen LogP contribution in [0.2, 0.25) is 0 Å². The smallest absolute Gasteiger partial charge is 0.160 e. The Bertz CT molecular complexity index is 3210. The lowest BCUT2D eigenvalue weighted by Crippen LogP contribution is -2.14. The van der Waals surface area contributed by atoms with E-state index in [-0.39, 0.29) is 5.41 Å². The van der Waals surface area contributed by atoms with Crippen molar-refractivity contribution in [1.82, 2.24) is 15.0 Å². The van der Waals surface area contributed by atoms with Crippen LogP contribution in [-0.4, -0.2) is 15.0 Å². The molecule has 59 heavy (non-hydrogen) atoms. The quantitative estimate of drug-likeness (QED) is 0.159. The zero-order chi connectivity index (χ0) is 39.5. The molecule has 0 spiro atoms. The lowest BCUT2D eigenvalue weighted by Gasteiger charge is -2.22. The van der Waals surface area contributed by atoms with Crippen molar-refractivity contribution in [3.63, 3.8) is 0 Å². The predicted molar refractivity (Wildman–Crippen MR) is 245 cm³/mol. The number of benzene rings is 8. The molecule has 0 amide bonds. The Kier molecular flexibility index (Phi) is 8.16. The van der Waals surface area contributed by atoms with Gasteiger partial charge in [-0.2, -0.15) is 0 Å². The van der Waals surface area contributed by atoms with Gasteiger partial charge in [-0.3, -0.25) is 0 Å². The number of hydrogen-bond acceptors (Lipinski definition) is 3. The summed E-state index contributed by atoms with van der Waals surface area (Å²) in [6.07, 6.45) is 0. The molecule has 0 saturated carbocycles. The third-order valence-electron chi connectivity index (χ3n) is 12.1. The predicted octanol–water partition coefficient (Wildman–Crippen LogP) is 14.5. The number of nitrogens with zero attached hydrogens (tertiary/aromatic N) is 3. The van der Waals surface area contributed by atoms with Crippen LogP contribution in [0.1, 0.15) is 25.0 Å². The maximum Gasteiger partial charge on any atom is 0.160 e. The van der Waals surface area contributed by atoms with Crippen molar-refractivity contribution in [3.05, 3.63) is 211 Å². The molecular weight excluding hydrogens is 715 g/mol. The number of rotatable bonds is 6. The molecule has 2 heterocycles. The topological polar surface area (TPSA) is 38.7 Å². The molecule has 3 nitrogen and oxygen atoms in total. The first-order valence-electron chi connectivity index (χ1n) is 20.3. The molecule has 2 aromatic heterocycles. The fourth-order valence-electron chi connectivity index (χ4n) is 9.06. The second-order valence-electron chi connectivity index (χ2n) is 16.0. The zero-order valence-corrected chi connectivity index (χ0v) is 32.9. The van der Waals surface area contributed by atoms with E-state index in [1.54, 1.807) is 0 Å². The minimum Gasteiger partial charge on any atom is -0.247 e. The summed E-state index contributed by atoms with van der Waals surface area (Å²) in [5, 5.41) is 3.38. The molecule has 8 aromatic carbocycles. The Morgan fingerprint density at radius 1 is 0.339 bits per heavy atom. The Hall–Kier alpha value is -7.49. The Morgan fingerprint density at radius 3 is 1.66 bits per heavy atom. The van der Waals surface area contributed by atoms with Crippen LogP contribution in [0.5, 0.6) is 0 Å². The van der Waals surface area contributed by atoms with Crippen LogP contribution in [0.4, 0.5) is 0 Å². The van der Waals surface area contributed by atoms with E-state index >= 15 is 0 Å². The summed E-state index contributed by atoms with van der Waals surface area (Å²) in [6.45, 7) is 4.67. The van der Waals surface area contributed by atoms with Crippen LogP contribution in [0.3, 0.4) is 0 Å². The van der Waals surface area contributed by atoms with E-state index < -0.39 is 0 Å². The van der Waals surface area contributed by atoms with Gasteiger partial charge in [-0.1, -0.05) is 190 Å². The molecule has 0 N–H and O–H groups in total. The summed E-state index contributed by atoms with van der Waals surface area (Å²) in [5.74, 6) is 0.690. The lowest BCUT2D eigenvalue weighted by molar-refractivity contribution is 0.660. The first kappa shape index (κ1) is 34.7. The molecule has 0 radical (unpaired) electrons. The first-order valence-corrected chi connectivity index (χ1v) is 20.3. The van der Waals surface area contributed by atoms with Crippen molar-refractivity contribution in [2.24, 2.45) is 0 Å². The van der Waals surface area contributed by atoms with E-state index in [4.69, 9.17) is 15.0 Å². The molecule has 1 aliphatic rings. The summed E-state index contributed by atoms with van der Waals surface area (Å²) < 4.78 is 0. The van der Waals surface area contributed by atoms with E-state index in [0.717, 1.165) is 55.6 Å². The second kappa shape index (κ2) is 13.9. The van der Waals surface area contributed by atoms with E-state index in [9.17, 15) is 0 Å². The Balaban J connectivity index is 1.05. The molecule has 0 aliphatic heterocycles. The van der Waals surface area contributed by atoms with Crippen LogP contribution in [0, 0.1) is 0 Å². The van der Waals surface area contributed by atoms with Crippen molar-refractivity contribution < 1.29 is 0 Å². The Morgan fingerprint density at radius 2 is 0.915 bits per heavy atom. The molecule has 0 saturated heterocycles. The third-order valence-corrected chi connectivity index (χ3v) is 12.1. The SMILES string of the molecule is CC1(C)c2ccccc2-c2ccc(-c3ccc(-c4cc(-c5ccc6nc(-c7ccccc7)c7cccc(-c8ccccc8)c7c6c5)nc(-c5ccccc5)n4)cc3)cc21. The molecule has 0 unspecified atom stereocenters. The highest BCUT2D eigenvalue weighted by Crippen LogP contribution is 2.49. The van der Waals surface area contributed by atoms with Crippen molar-refractivity contribution in [2.45, 2.75) is 19.3 Å². The largest absolute Gasteiger partial charge is 0.247 e. The summed E-state index contributed by atoms with van der Waals surface area (Å²) in [6, 6.07) is 71.2. The van der Waals surface area contributed by atoms with Crippen molar-refractivity contribution >= 4 is 21.7 Å². The van der Waals surface area contributed by atoms with Gasteiger partial charge < -0.3 is 0 Å². The van der Waals surface area contributed by atoms with E-state index in [1.807, 2.05) is 18.2 Å². The number of aromatic nitrogens is 3. The second-order valence-corrected chi connectivity index (χ2v) is 16.0. The van der Waals surface area contributed by atoms with Crippen LogP contribution in [-0.2, 0) is 5.41 Å². The van der Waals surface area contributed by atoms with Gasteiger partial charge in [0.1, 0.15) is 0 Å². The fourth-order valence-corrected chi connectivity index (χ4v) is 9.06. The monoisotopic (exact) mass is 753 g/mol. The molecule has 10 aromatic rings. The maximum atomic E-state index is 5.31. The molecule has 0 bridgehead atoms. The lowest BCUT2D eigenvalue weighted by atomic mass is 9.81. The van der Waals surface area contributed by atoms with Crippen LogP contribution in [0.15, 0.2) is 200 Å². The van der Waals surface area contributed by atoms with Crippen LogP contribution < -0.4 is 0 Å². The molecule has 0 atom stereocenters. The highest BCUT2D eigenvalue weighted by molar-refractivity contribution is 6.17. The van der Waals surface area contributed by atoms with Crippen molar-refractivity contribution in [2.75, 3.05) is 0 Å². The summed E-state index contributed by atoms with van der Waals surface area (Å²) >= 11 is 0. The van der Waals surface area contributed by atoms with Crippen LogP contribution >= 0.6 is 0 Å². The Labute approximate surface area is 344 Å². The van der Waals surface area contributed by atoms with Gasteiger partial charge in [0.25, 0.3) is 0 Å². The molecule has 278 valence electrons.